The second kappa shape index (κ2) is 9.99. The van der Waals surface area contributed by atoms with Crippen LogP contribution in [0.25, 0.3) is 0 Å². The highest BCUT2D eigenvalue weighted by Gasteiger charge is 2.34. The average molecular weight is 447 g/mol. The minimum absolute atomic E-state index is 0.199. The molecule has 0 aliphatic carbocycles. The van der Waals surface area contributed by atoms with Crippen molar-refractivity contribution < 1.29 is 9.53 Å². The summed E-state index contributed by atoms with van der Waals surface area (Å²) in [6, 6.07) is 16.5. The van der Waals surface area contributed by atoms with Gasteiger partial charge in [-0.3, -0.25) is 4.79 Å². The van der Waals surface area contributed by atoms with Crippen molar-refractivity contribution in [3.05, 3.63) is 60.2 Å². The van der Waals surface area contributed by atoms with Gasteiger partial charge in [0.25, 0.3) is 5.91 Å². The van der Waals surface area contributed by atoms with Crippen molar-refractivity contribution in [1.29, 1.82) is 0 Å². The van der Waals surface area contributed by atoms with E-state index in [4.69, 9.17) is 51.8 Å². The lowest BCUT2D eigenvalue weighted by Gasteiger charge is -2.28. The molecule has 0 aromatic heterocycles. The largest absolute Gasteiger partial charge is 0.484 e. The van der Waals surface area contributed by atoms with Gasteiger partial charge in [0, 0.05) is 5.69 Å². The van der Waals surface area contributed by atoms with Crippen LogP contribution < -0.4 is 20.7 Å². The lowest BCUT2D eigenvalue weighted by molar-refractivity contribution is -0.123. The highest BCUT2D eigenvalue weighted by atomic mass is 35.6. The van der Waals surface area contributed by atoms with E-state index in [9.17, 15) is 4.79 Å². The number of hydrogen-bond donors (Lipinski definition) is 3. The molecular formula is C18H18Cl3N3O2S. The number of anilines is 1. The SMILES string of the molecule is Cc1ccccc1NC(=S)N[C@H](NC(=O)COc1ccccc1)C(Cl)(Cl)Cl. The molecule has 0 bridgehead atoms. The van der Waals surface area contributed by atoms with Crippen LogP contribution in [-0.4, -0.2) is 27.6 Å². The Morgan fingerprint density at radius 2 is 1.70 bits per heavy atom. The first kappa shape index (κ1) is 21.6. The number of carbonyl (C=O) groups is 1. The number of aryl methyl sites for hydroxylation is 1. The molecule has 27 heavy (non-hydrogen) atoms. The topological polar surface area (TPSA) is 62.4 Å². The fraction of sp³-hybridized carbons (Fsp3) is 0.222. The molecule has 0 spiro atoms. The molecule has 0 radical (unpaired) electrons. The normalized spacial score (nSPS) is 12.0. The summed E-state index contributed by atoms with van der Waals surface area (Å²) in [6.45, 7) is 1.70. The van der Waals surface area contributed by atoms with Gasteiger partial charge in [0.2, 0.25) is 3.79 Å². The van der Waals surface area contributed by atoms with E-state index in [-0.39, 0.29) is 11.7 Å². The first-order valence-corrected chi connectivity index (χ1v) is 9.47. The van der Waals surface area contributed by atoms with E-state index < -0.39 is 15.9 Å². The Kier molecular flexibility index (Phi) is 7.98. The summed E-state index contributed by atoms with van der Waals surface area (Å²) in [7, 11) is 0. The predicted octanol–water partition coefficient (Wildman–Crippen LogP) is 4.17. The zero-order valence-electron chi connectivity index (χ0n) is 14.3. The number of nitrogens with one attached hydrogen (secondary N) is 3. The van der Waals surface area contributed by atoms with Crippen LogP contribution in [-0.2, 0) is 4.79 Å². The van der Waals surface area contributed by atoms with Crippen LogP contribution >= 0.6 is 47.0 Å². The summed E-state index contributed by atoms with van der Waals surface area (Å²) in [5.74, 6) is 0.0872. The molecule has 0 saturated carbocycles. The monoisotopic (exact) mass is 445 g/mol. The number of thiocarbonyl (C=S) groups is 1. The molecule has 0 aliphatic rings. The first-order chi connectivity index (χ1) is 12.8. The number of ether oxygens (including phenoxy) is 1. The number of amides is 1. The van der Waals surface area contributed by atoms with Crippen LogP contribution in [0.4, 0.5) is 5.69 Å². The van der Waals surface area contributed by atoms with Gasteiger partial charge in [0.1, 0.15) is 11.9 Å². The van der Waals surface area contributed by atoms with Gasteiger partial charge in [-0.25, -0.2) is 0 Å². The number of benzene rings is 2. The van der Waals surface area contributed by atoms with Crippen molar-refractivity contribution in [3.63, 3.8) is 0 Å². The molecule has 2 rings (SSSR count). The quantitative estimate of drug-likeness (QED) is 0.353. The van der Waals surface area contributed by atoms with Gasteiger partial charge < -0.3 is 20.7 Å². The van der Waals surface area contributed by atoms with Gasteiger partial charge in [-0.15, -0.1) is 0 Å². The van der Waals surface area contributed by atoms with Crippen molar-refractivity contribution in [2.24, 2.45) is 0 Å². The summed E-state index contributed by atoms with van der Waals surface area (Å²) in [6.07, 6.45) is -1.06. The maximum atomic E-state index is 12.2. The van der Waals surface area contributed by atoms with E-state index >= 15 is 0 Å². The summed E-state index contributed by atoms with van der Waals surface area (Å²) in [5.41, 5.74) is 1.80. The second-order valence-corrected chi connectivity index (χ2v) is 8.33. The van der Waals surface area contributed by atoms with Crippen LogP contribution in [0, 0.1) is 6.92 Å². The number of halogens is 3. The van der Waals surface area contributed by atoms with Gasteiger partial charge in [-0.05, 0) is 42.9 Å². The van der Waals surface area contributed by atoms with Crippen molar-refractivity contribution in [3.8, 4) is 5.75 Å². The van der Waals surface area contributed by atoms with E-state index in [0.29, 0.717) is 5.75 Å². The molecule has 1 amide bonds. The lowest BCUT2D eigenvalue weighted by atomic mass is 10.2. The van der Waals surface area contributed by atoms with Crippen LogP contribution in [0.1, 0.15) is 5.56 Å². The molecule has 0 saturated heterocycles. The molecule has 0 aliphatic heterocycles. The van der Waals surface area contributed by atoms with Crippen LogP contribution in [0.5, 0.6) is 5.75 Å². The second-order valence-electron chi connectivity index (χ2n) is 5.56. The van der Waals surface area contributed by atoms with Crippen molar-refractivity contribution in [2.75, 3.05) is 11.9 Å². The van der Waals surface area contributed by atoms with E-state index in [0.717, 1.165) is 11.3 Å². The zero-order chi connectivity index (χ0) is 19.9. The molecule has 144 valence electrons. The molecule has 3 N–H and O–H groups in total. The first-order valence-electron chi connectivity index (χ1n) is 7.93. The Balaban J connectivity index is 1.93. The molecule has 2 aromatic rings. The molecular weight excluding hydrogens is 429 g/mol. The van der Waals surface area contributed by atoms with Crippen LogP contribution in [0.3, 0.4) is 0 Å². The fourth-order valence-corrected chi connectivity index (χ4v) is 2.63. The molecule has 0 unspecified atom stereocenters. The fourth-order valence-electron chi connectivity index (χ4n) is 2.07. The maximum Gasteiger partial charge on any atom is 0.259 e. The Morgan fingerprint density at radius 1 is 1.07 bits per heavy atom. The van der Waals surface area contributed by atoms with Gasteiger partial charge >= 0.3 is 0 Å². The Bertz CT molecular complexity index is 785. The molecule has 2 aromatic carbocycles. The van der Waals surface area contributed by atoms with Crippen LogP contribution in [0.2, 0.25) is 0 Å². The summed E-state index contributed by atoms with van der Waals surface area (Å²) in [5, 5.41) is 8.56. The molecule has 9 heteroatoms. The molecule has 1 atom stereocenters. The van der Waals surface area contributed by atoms with E-state index in [2.05, 4.69) is 16.0 Å². The zero-order valence-corrected chi connectivity index (χ0v) is 17.4. The van der Waals surface area contributed by atoms with Crippen LogP contribution in [0.15, 0.2) is 54.6 Å². The van der Waals surface area contributed by atoms with E-state index in [1.165, 1.54) is 0 Å². The molecule has 0 fully saturated rings. The third-order valence-electron chi connectivity index (χ3n) is 3.41. The summed E-state index contributed by atoms with van der Waals surface area (Å²) >= 11 is 23.1. The lowest BCUT2D eigenvalue weighted by Crippen LogP contribution is -2.57. The highest BCUT2D eigenvalue weighted by molar-refractivity contribution is 7.80. The Hall–Kier alpha value is -1.73. The number of rotatable bonds is 6. The minimum atomic E-state index is -1.83. The number of alkyl halides is 3. The number of carbonyl (C=O) groups excluding carboxylic acids is 1. The predicted molar refractivity (Wildman–Crippen MR) is 115 cm³/mol. The minimum Gasteiger partial charge on any atom is -0.484 e. The van der Waals surface area contributed by atoms with Crippen molar-refractivity contribution in [2.45, 2.75) is 16.9 Å². The van der Waals surface area contributed by atoms with Gasteiger partial charge in [-0.2, -0.15) is 0 Å². The maximum absolute atomic E-state index is 12.2. The van der Waals surface area contributed by atoms with Crippen molar-refractivity contribution >= 4 is 63.7 Å². The standard InChI is InChI=1S/C18H18Cl3N3O2S/c1-12-7-5-6-10-14(12)22-17(27)24-16(18(19,20)21)23-15(25)11-26-13-8-3-2-4-9-13/h2-10,16H,11H2,1H3,(H,23,25)(H2,22,24,27)/t16-/m0/s1. The van der Waals surface area contributed by atoms with Gasteiger partial charge in [0.15, 0.2) is 11.7 Å². The van der Waals surface area contributed by atoms with E-state index in [1.54, 1.807) is 24.3 Å². The van der Waals surface area contributed by atoms with Gasteiger partial charge in [-0.1, -0.05) is 71.2 Å². The Morgan fingerprint density at radius 3 is 2.33 bits per heavy atom. The number of para-hydroxylation sites is 2. The molecule has 5 nitrogen and oxygen atoms in total. The third-order valence-corrected chi connectivity index (χ3v) is 4.29. The average Bonchev–Trinajstić information content (AvgIpc) is 2.61. The third kappa shape index (κ3) is 7.42. The molecule has 0 heterocycles. The number of hydrogen-bond acceptors (Lipinski definition) is 3. The van der Waals surface area contributed by atoms with Crippen molar-refractivity contribution in [1.82, 2.24) is 10.6 Å². The summed E-state index contributed by atoms with van der Waals surface area (Å²) < 4.78 is 3.55. The van der Waals surface area contributed by atoms with Gasteiger partial charge in [0.05, 0.1) is 0 Å². The van der Waals surface area contributed by atoms with E-state index in [1.807, 2.05) is 37.3 Å². The smallest absolute Gasteiger partial charge is 0.259 e. The summed E-state index contributed by atoms with van der Waals surface area (Å²) in [4.78, 5) is 12.2. The highest BCUT2D eigenvalue weighted by Crippen LogP contribution is 2.29. The Labute approximate surface area is 178 Å².